The molecule has 5 nitrogen and oxygen atoms in total. The van der Waals surface area contributed by atoms with Crippen LogP contribution < -0.4 is 0 Å². The van der Waals surface area contributed by atoms with Crippen LogP contribution in [0.25, 0.3) is 0 Å². The Morgan fingerprint density at radius 3 is 2.68 bits per heavy atom. The van der Waals surface area contributed by atoms with Gasteiger partial charge in [-0.25, -0.2) is 0 Å². The molecule has 0 amide bonds. The number of ether oxygens (including phenoxy) is 2. The maximum atomic E-state index is 12.4. The molecule has 9 atom stereocenters. The van der Waals surface area contributed by atoms with E-state index in [1.165, 1.54) is 12.5 Å². The van der Waals surface area contributed by atoms with E-state index in [2.05, 4.69) is 19.9 Å². The van der Waals surface area contributed by atoms with Crippen molar-refractivity contribution in [2.45, 2.75) is 85.2 Å². The van der Waals surface area contributed by atoms with Gasteiger partial charge in [-0.2, -0.15) is 0 Å². The van der Waals surface area contributed by atoms with Crippen LogP contribution in [0.3, 0.4) is 0 Å². The number of fused-ring (bicyclic) bond motifs is 5. The molecule has 0 aromatic carbocycles. The number of hydrogen-bond donors (Lipinski definition) is 0. The van der Waals surface area contributed by atoms with Gasteiger partial charge in [0.25, 0.3) is 0 Å². The molecule has 0 spiro atoms. The van der Waals surface area contributed by atoms with E-state index in [1.807, 2.05) is 13.0 Å². The summed E-state index contributed by atoms with van der Waals surface area (Å²) in [6.07, 6.45) is 14.1. The largest absolute Gasteiger partial charge is 0.465 e. The number of esters is 2. The second-order valence-corrected chi connectivity index (χ2v) is 12.2. The molecule has 0 aromatic heterocycles. The molecule has 0 radical (unpaired) electrons. The van der Waals surface area contributed by atoms with E-state index in [1.54, 1.807) is 6.08 Å². The molecule has 5 rings (SSSR count). The van der Waals surface area contributed by atoms with Crippen LogP contribution in [-0.2, 0) is 23.9 Å². The lowest BCUT2D eigenvalue weighted by atomic mass is 9.47. The minimum absolute atomic E-state index is 0.00844. The zero-order valence-corrected chi connectivity index (χ0v) is 21.2. The monoisotopic (exact) mass is 468 g/mol. The topological polar surface area (TPSA) is 69.7 Å². The Hall–Kier alpha value is -1.91. The van der Waals surface area contributed by atoms with Crippen molar-refractivity contribution >= 4 is 17.7 Å². The van der Waals surface area contributed by atoms with E-state index in [4.69, 9.17) is 9.47 Å². The van der Waals surface area contributed by atoms with Gasteiger partial charge in [-0.05, 0) is 93.1 Å². The van der Waals surface area contributed by atoms with Gasteiger partial charge in [0, 0.05) is 17.8 Å². The van der Waals surface area contributed by atoms with E-state index in [0.29, 0.717) is 30.3 Å². The Morgan fingerprint density at radius 1 is 1.15 bits per heavy atom. The van der Waals surface area contributed by atoms with Crippen LogP contribution in [0.5, 0.6) is 0 Å². The van der Waals surface area contributed by atoms with Crippen molar-refractivity contribution in [3.05, 3.63) is 23.8 Å². The van der Waals surface area contributed by atoms with Crippen LogP contribution in [0.4, 0.5) is 0 Å². The lowest BCUT2D eigenvalue weighted by Gasteiger charge is -2.58. The third-order valence-electron chi connectivity index (χ3n) is 10.7. The molecular formula is C29H40O5. The predicted molar refractivity (Wildman–Crippen MR) is 129 cm³/mol. The number of allylic oxidation sites excluding steroid dienone is 4. The van der Waals surface area contributed by atoms with Crippen LogP contribution >= 0.6 is 0 Å². The Kier molecular flexibility index (Phi) is 6.05. The first-order valence-corrected chi connectivity index (χ1v) is 13.4. The fourth-order valence-electron chi connectivity index (χ4n) is 8.84. The predicted octanol–water partition coefficient (Wildman–Crippen LogP) is 5.43. The highest BCUT2D eigenvalue weighted by atomic mass is 16.5. The Morgan fingerprint density at radius 2 is 1.94 bits per heavy atom. The van der Waals surface area contributed by atoms with Crippen LogP contribution in [0.2, 0.25) is 0 Å². The van der Waals surface area contributed by atoms with Gasteiger partial charge in [-0.3, -0.25) is 14.4 Å². The molecule has 5 aliphatic rings. The molecule has 34 heavy (non-hydrogen) atoms. The second-order valence-electron chi connectivity index (χ2n) is 12.2. The molecule has 1 aliphatic heterocycles. The highest BCUT2D eigenvalue weighted by molar-refractivity contribution is 6.01. The smallest absolute Gasteiger partial charge is 0.308 e. The van der Waals surface area contributed by atoms with Gasteiger partial charge < -0.3 is 9.47 Å². The third-order valence-corrected chi connectivity index (χ3v) is 10.7. The van der Waals surface area contributed by atoms with Gasteiger partial charge in [0.2, 0.25) is 0 Å². The molecule has 0 unspecified atom stereocenters. The van der Waals surface area contributed by atoms with Crippen molar-refractivity contribution in [3.63, 3.8) is 0 Å². The molecular weight excluding hydrogens is 428 g/mol. The maximum Gasteiger partial charge on any atom is 0.308 e. The molecule has 3 saturated carbocycles. The molecule has 0 N–H and O–H groups in total. The Bertz CT molecular complexity index is 933. The summed E-state index contributed by atoms with van der Waals surface area (Å²) in [6.45, 7) is 8.54. The van der Waals surface area contributed by atoms with Crippen LogP contribution in [0.1, 0.15) is 79.1 Å². The first-order valence-electron chi connectivity index (χ1n) is 13.4. The van der Waals surface area contributed by atoms with Crippen LogP contribution in [-0.4, -0.2) is 30.4 Å². The SMILES string of the molecule is CC(=O)OC[C@]12CC[C@H]3[C@@H](CCC4=CC(=O)C=C[C@@]43C)[C@@H]1CC[C@@H]2[C@H](C)[C@@H]1CC[C@H](C)C(=O)O1. The van der Waals surface area contributed by atoms with E-state index < -0.39 is 0 Å². The van der Waals surface area contributed by atoms with E-state index in [0.717, 1.165) is 51.4 Å². The van der Waals surface area contributed by atoms with Gasteiger partial charge in [-0.1, -0.05) is 32.4 Å². The van der Waals surface area contributed by atoms with Gasteiger partial charge in [0.05, 0.1) is 12.5 Å². The van der Waals surface area contributed by atoms with E-state index in [-0.39, 0.29) is 46.5 Å². The number of carbonyl (C=O) groups is 3. The van der Waals surface area contributed by atoms with Crippen molar-refractivity contribution < 1.29 is 23.9 Å². The van der Waals surface area contributed by atoms with Crippen molar-refractivity contribution in [2.75, 3.05) is 6.61 Å². The first kappa shape index (κ1) is 23.8. The highest BCUT2D eigenvalue weighted by Gasteiger charge is 2.62. The van der Waals surface area contributed by atoms with E-state index >= 15 is 0 Å². The lowest BCUT2D eigenvalue weighted by Crippen LogP contribution is -2.54. The normalized spacial score (nSPS) is 44.3. The summed E-state index contributed by atoms with van der Waals surface area (Å²) >= 11 is 0. The number of rotatable bonds is 4. The number of hydrogen-bond acceptors (Lipinski definition) is 5. The fraction of sp³-hybridized carbons (Fsp3) is 0.759. The Balaban J connectivity index is 1.44. The minimum Gasteiger partial charge on any atom is -0.465 e. The quantitative estimate of drug-likeness (QED) is 0.515. The van der Waals surface area contributed by atoms with E-state index in [9.17, 15) is 14.4 Å². The van der Waals surface area contributed by atoms with Crippen molar-refractivity contribution in [1.82, 2.24) is 0 Å². The molecule has 4 aliphatic carbocycles. The second kappa shape index (κ2) is 8.64. The zero-order chi connectivity index (χ0) is 24.3. The highest BCUT2D eigenvalue weighted by Crippen LogP contribution is 2.67. The fourth-order valence-corrected chi connectivity index (χ4v) is 8.84. The zero-order valence-electron chi connectivity index (χ0n) is 21.2. The first-order chi connectivity index (χ1) is 16.2. The minimum atomic E-state index is -0.207. The summed E-state index contributed by atoms with van der Waals surface area (Å²) in [5.74, 6) is 2.08. The van der Waals surface area contributed by atoms with Gasteiger partial charge in [-0.15, -0.1) is 0 Å². The molecule has 5 heteroatoms. The number of cyclic esters (lactones) is 1. The molecule has 4 fully saturated rings. The molecule has 0 aromatic rings. The molecule has 0 bridgehead atoms. The van der Waals surface area contributed by atoms with Gasteiger partial charge in [0.15, 0.2) is 5.78 Å². The maximum absolute atomic E-state index is 12.4. The van der Waals surface area contributed by atoms with Crippen LogP contribution in [0.15, 0.2) is 23.8 Å². The summed E-state index contributed by atoms with van der Waals surface area (Å²) in [4.78, 5) is 36.4. The number of ketones is 1. The summed E-state index contributed by atoms with van der Waals surface area (Å²) in [5.41, 5.74) is 1.22. The molecule has 1 saturated heterocycles. The average Bonchev–Trinajstić information content (AvgIpc) is 3.19. The molecule has 186 valence electrons. The standard InChI is InChI=1S/C29H40O5/c1-17-5-10-26(34-27(17)32)18(2)23-8-9-25-22-7-6-20-15-21(31)11-13-28(20,4)24(22)12-14-29(23,25)16-33-19(3)30/h11,13,15,17-18,22-26H,5-10,12,14,16H2,1-4H3/t17-,18-,22+,23+,24-,25-,26-,28-,29-/m0/s1. The van der Waals surface area contributed by atoms with Gasteiger partial charge in [0.1, 0.15) is 6.10 Å². The third kappa shape index (κ3) is 3.69. The summed E-state index contributed by atoms with van der Waals surface area (Å²) in [6, 6.07) is 0. The lowest BCUT2D eigenvalue weighted by molar-refractivity contribution is -0.169. The molecule has 1 heterocycles. The Labute approximate surface area is 203 Å². The van der Waals surface area contributed by atoms with Crippen LogP contribution in [0, 0.1) is 46.3 Å². The van der Waals surface area contributed by atoms with Crippen molar-refractivity contribution in [2.24, 2.45) is 46.3 Å². The van der Waals surface area contributed by atoms with Gasteiger partial charge >= 0.3 is 11.9 Å². The summed E-state index contributed by atoms with van der Waals surface area (Å²) in [7, 11) is 0. The average molecular weight is 469 g/mol. The van der Waals surface area contributed by atoms with Crippen molar-refractivity contribution in [1.29, 1.82) is 0 Å². The summed E-state index contributed by atoms with van der Waals surface area (Å²) in [5, 5.41) is 0. The van der Waals surface area contributed by atoms with Crippen molar-refractivity contribution in [3.8, 4) is 0 Å². The summed E-state index contributed by atoms with van der Waals surface area (Å²) < 4.78 is 11.7. The number of carbonyl (C=O) groups excluding carboxylic acids is 3.